The van der Waals surface area contributed by atoms with E-state index in [4.69, 9.17) is 4.74 Å². The summed E-state index contributed by atoms with van der Waals surface area (Å²) in [5, 5.41) is 7.78. The number of benzene rings is 1. The van der Waals surface area contributed by atoms with Gasteiger partial charge in [-0.1, -0.05) is 12.1 Å². The average Bonchev–Trinajstić information content (AvgIpc) is 3.16. The van der Waals surface area contributed by atoms with Crippen LogP contribution >= 0.6 is 0 Å². The van der Waals surface area contributed by atoms with Gasteiger partial charge in [0.05, 0.1) is 18.4 Å². The Bertz CT molecular complexity index is 695. The van der Waals surface area contributed by atoms with Crippen LogP contribution in [0.25, 0.3) is 0 Å². The lowest BCUT2D eigenvalue weighted by Crippen LogP contribution is -2.23. The van der Waals surface area contributed by atoms with Gasteiger partial charge >= 0.3 is 6.09 Å². The Hall–Kier alpha value is -2.50. The van der Waals surface area contributed by atoms with Crippen molar-refractivity contribution >= 4 is 17.5 Å². The van der Waals surface area contributed by atoms with Crippen LogP contribution in [0.2, 0.25) is 0 Å². The van der Waals surface area contributed by atoms with Gasteiger partial charge in [0.15, 0.2) is 0 Å². The van der Waals surface area contributed by atoms with Crippen molar-refractivity contribution in [2.75, 3.05) is 23.4 Å². The minimum Gasteiger partial charge on any atom is -0.447 e. The fraction of sp³-hybridized carbons (Fsp3) is 0.412. The molecule has 6 nitrogen and oxygen atoms in total. The third-order valence-electron chi connectivity index (χ3n) is 3.96. The number of carbonyl (C=O) groups excluding carboxylic acids is 1. The summed E-state index contributed by atoms with van der Waals surface area (Å²) in [6, 6.07) is 8.42. The topological polar surface area (TPSA) is 59.4 Å². The van der Waals surface area contributed by atoms with Gasteiger partial charge in [0.1, 0.15) is 6.61 Å². The van der Waals surface area contributed by atoms with Gasteiger partial charge in [-0.25, -0.2) is 4.79 Å². The zero-order valence-corrected chi connectivity index (χ0v) is 13.7. The minimum atomic E-state index is -0.277. The highest BCUT2D eigenvalue weighted by Gasteiger charge is 2.23. The molecule has 0 bridgehead atoms. The van der Waals surface area contributed by atoms with E-state index in [2.05, 4.69) is 37.3 Å². The fourth-order valence-corrected chi connectivity index (χ4v) is 2.62. The summed E-state index contributed by atoms with van der Waals surface area (Å²) in [5.41, 5.74) is 2.97. The normalized spacial score (nSPS) is 15.8. The van der Waals surface area contributed by atoms with Gasteiger partial charge in [-0.3, -0.25) is 9.58 Å². The molecular formula is C17H22N4O2. The van der Waals surface area contributed by atoms with Crippen LogP contribution < -0.4 is 10.2 Å². The quantitative estimate of drug-likeness (QED) is 0.916. The maximum atomic E-state index is 11.7. The van der Waals surface area contributed by atoms with Crippen molar-refractivity contribution in [1.82, 2.24) is 9.78 Å². The molecule has 1 atom stereocenters. The Kier molecular flexibility index (Phi) is 4.23. The number of hydrogen-bond donors (Lipinski definition) is 1. The Labute approximate surface area is 136 Å². The van der Waals surface area contributed by atoms with Gasteiger partial charge in [0.25, 0.3) is 0 Å². The number of anilines is 2. The van der Waals surface area contributed by atoms with Crippen molar-refractivity contribution < 1.29 is 9.53 Å². The van der Waals surface area contributed by atoms with E-state index in [9.17, 15) is 4.79 Å². The number of carbonyl (C=O) groups is 1. The Morgan fingerprint density at radius 3 is 2.78 bits per heavy atom. The van der Waals surface area contributed by atoms with Crippen LogP contribution in [0.5, 0.6) is 0 Å². The van der Waals surface area contributed by atoms with E-state index in [-0.39, 0.29) is 12.1 Å². The largest absolute Gasteiger partial charge is 0.447 e. The molecule has 0 spiro atoms. The first-order valence-electron chi connectivity index (χ1n) is 7.89. The van der Waals surface area contributed by atoms with Crippen LogP contribution in [0.15, 0.2) is 36.7 Å². The number of nitrogens with one attached hydrogen (secondary N) is 1. The van der Waals surface area contributed by atoms with Crippen molar-refractivity contribution in [2.24, 2.45) is 0 Å². The third kappa shape index (κ3) is 3.31. The molecule has 0 saturated carbocycles. The van der Waals surface area contributed by atoms with E-state index in [0.717, 1.165) is 16.9 Å². The van der Waals surface area contributed by atoms with Crippen LogP contribution in [0, 0.1) is 0 Å². The molecule has 0 unspecified atom stereocenters. The van der Waals surface area contributed by atoms with Crippen LogP contribution in [-0.2, 0) is 4.74 Å². The number of amides is 1. The summed E-state index contributed by atoms with van der Waals surface area (Å²) in [6.45, 7) is 7.34. The van der Waals surface area contributed by atoms with Crippen LogP contribution in [-0.4, -0.2) is 29.0 Å². The van der Waals surface area contributed by atoms with Crippen LogP contribution in [0.4, 0.5) is 16.2 Å². The summed E-state index contributed by atoms with van der Waals surface area (Å²) < 4.78 is 6.92. The first-order chi connectivity index (χ1) is 11.0. The summed E-state index contributed by atoms with van der Waals surface area (Å²) in [5.74, 6) is 0. The predicted molar refractivity (Wildman–Crippen MR) is 89.8 cm³/mol. The lowest BCUT2D eigenvalue weighted by molar-refractivity contribution is 0.181. The van der Waals surface area contributed by atoms with Gasteiger partial charge in [0.2, 0.25) is 0 Å². The third-order valence-corrected chi connectivity index (χ3v) is 3.96. The van der Waals surface area contributed by atoms with Crippen molar-refractivity contribution in [3.8, 4) is 0 Å². The summed E-state index contributed by atoms with van der Waals surface area (Å²) in [7, 11) is 0. The van der Waals surface area contributed by atoms with Crippen molar-refractivity contribution in [3.63, 3.8) is 0 Å². The van der Waals surface area contributed by atoms with Crippen molar-refractivity contribution in [3.05, 3.63) is 42.2 Å². The maximum Gasteiger partial charge on any atom is 0.414 e. The second-order valence-corrected chi connectivity index (χ2v) is 6.03. The zero-order chi connectivity index (χ0) is 16.4. The summed E-state index contributed by atoms with van der Waals surface area (Å²) in [4.78, 5) is 13.4. The second kappa shape index (κ2) is 6.32. The molecular weight excluding hydrogens is 292 g/mol. The van der Waals surface area contributed by atoms with E-state index in [1.807, 2.05) is 35.3 Å². The minimum absolute atomic E-state index is 0.110. The van der Waals surface area contributed by atoms with E-state index >= 15 is 0 Å². The molecule has 122 valence electrons. The number of nitrogens with zero attached hydrogens (tertiary/aromatic N) is 3. The van der Waals surface area contributed by atoms with E-state index in [0.29, 0.717) is 19.2 Å². The zero-order valence-electron chi connectivity index (χ0n) is 13.7. The van der Waals surface area contributed by atoms with Gasteiger partial charge in [-0.05, 0) is 38.5 Å². The van der Waals surface area contributed by atoms with E-state index in [1.165, 1.54) is 0 Å². The molecule has 1 aliphatic heterocycles. The standard InChI is InChI=1S/C17H22N4O2/c1-12(2)21-11-15(10-18-21)19-13(3)14-5-4-6-16(9-14)20-7-8-23-17(20)22/h4-6,9-13,19H,7-8H2,1-3H3/t13-/m0/s1. The molecule has 2 aromatic rings. The molecule has 1 amide bonds. The fourth-order valence-electron chi connectivity index (χ4n) is 2.62. The van der Waals surface area contributed by atoms with E-state index < -0.39 is 0 Å². The Morgan fingerprint density at radius 2 is 2.13 bits per heavy atom. The summed E-state index contributed by atoms with van der Waals surface area (Å²) >= 11 is 0. The molecule has 3 rings (SSSR count). The smallest absolute Gasteiger partial charge is 0.414 e. The Morgan fingerprint density at radius 1 is 1.30 bits per heavy atom. The summed E-state index contributed by atoms with van der Waals surface area (Å²) in [6.07, 6.45) is 3.56. The molecule has 2 heterocycles. The lowest BCUT2D eigenvalue weighted by Gasteiger charge is -2.18. The highest BCUT2D eigenvalue weighted by molar-refractivity contribution is 5.89. The van der Waals surface area contributed by atoms with E-state index in [1.54, 1.807) is 4.90 Å². The molecule has 1 N–H and O–H groups in total. The number of rotatable bonds is 5. The number of aromatic nitrogens is 2. The number of ether oxygens (including phenoxy) is 1. The highest BCUT2D eigenvalue weighted by Crippen LogP contribution is 2.25. The molecule has 1 aromatic heterocycles. The van der Waals surface area contributed by atoms with Crippen LogP contribution in [0.1, 0.15) is 38.4 Å². The van der Waals surface area contributed by atoms with Gasteiger partial charge in [0, 0.05) is 24.0 Å². The lowest BCUT2D eigenvalue weighted by atomic mass is 10.1. The first-order valence-corrected chi connectivity index (χ1v) is 7.89. The van der Waals surface area contributed by atoms with Crippen molar-refractivity contribution in [2.45, 2.75) is 32.9 Å². The van der Waals surface area contributed by atoms with Gasteiger partial charge in [-0.2, -0.15) is 5.10 Å². The SMILES string of the molecule is CC(C)n1cc(N[C@@H](C)c2cccc(N3CCOC3=O)c2)cn1. The molecule has 1 saturated heterocycles. The molecule has 0 aliphatic carbocycles. The Balaban J connectivity index is 1.74. The maximum absolute atomic E-state index is 11.7. The number of cyclic esters (lactones) is 1. The number of hydrogen-bond acceptors (Lipinski definition) is 4. The van der Waals surface area contributed by atoms with Gasteiger partial charge in [-0.15, -0.1) is 0 Å². The molecule has 1 aromatic carbocycles. The van der Waals surface area contributed by atoms with Crippen LogP contribution in [0.3, 0.4) is 0 Å². The second-order valence-electron chi connectivity index (χ2n) is 6.03. The first kappa shape index (κ1) is 15.4. The van der Waals surface area contributed by atoms with Gasteiger partial charge < -0.3 is 10.1 Å². The monoisotopic (exact) mass is 314 g/mol. The molecule has 23 heavy (non-hydrogen) atoms. The highest BCUT2D eigenvalue weighted by atomic mass is 16.6. The predicted octanol–water partition coefficient (Wildman–Crippen LogP) is 3.59. The molecule has 0 radical (unpaired) electrons. The average molecular weight is 314 g/mol. The molecule has 6 heteroatoms. The van der Waals surface area contributed by atoms with Crippen molar-refractivity contribution in [1.29, 1.82) is 0 Å². The molecule has 1 fully saturated rings. The molecule has 1 aliphatic rings.